The highest BCUT2D eigenvalue weighted by atomic mass is 19.4. The van der Waals surface area contributed by atoms with Crippen LogP contribution in [0.15, 0.2) is 59.7 Å². The van der Waals surface area contributed by atoms with Crippen LogP contribution >= 0.6 is 0 Å². The number of benzene rings is 2. The lowest BCUT2D eigenvalue weighted by atomic mass is 9.78. The summed E-state index contributed by atoms with van der Waals surface area (Å²) in [6.07, 6.45) is -5.60. The van der Waals surface area contributed by atoms with Crippen LogP contribution in [0.3, 0.4) is 0 Å². The molecule has 1 N–H and O–H groups in total. The summed E-state index contributed by atoms with van der Waals surface area (Å²) in [5.74, 6) is -0.743. The van der Waals surface area contributed by atoms with E-state index in [0.717, 1.165) is 11.1 Å². The highest BCUT2D eigenvalue weighted by Gasteiger charge is 2.62. The Hall–Kier alpha value is -2.87. The maximum atomic E-state index is 13.4. The molecule has 1 amide bonds. The van der Waals surface area contributed by atoms with E-state index in [1.54, 1.807) is 19.1 Å². The summed E-state index contributed by atoms with van der Waals surface area (Å²) in [5, 5.41) is 13.9. The Balaban J connectivity index is 1.70. The number of hydrogen-bond donors (Lipinski definition) is 1. The highest BCUT2D eigenvalue weighted by Crippen LogP contribution is 2.40. The third-order valence-electron chi connectivity index (χ3n) is 5.57. The first kappa shape index (κ1) is 22.8. The number of carbonyl (C=O) groups excluding carboxylic acids is 1. The first-order valence-corrected chi connectivity index (χ1v) is 9.96. The molecule has 8 heteroatoms. The minimum atomic E-state index is -5.03. The van der Waals surface area contributed by atoms with Crippen molar-refractivity contribution in [2.45, 2.75) is 50.9 Å². The van der Waals surface area contributed by atoms with Gasteiger partial charge >= 0.3 is 6.18 Å². The van der Waals surface area contributed by atoms with Gasteiger partial charge in [-0.2, -0.15) is 23.3 Å². The Morgan fingerprint density at radius 3 is 2.23 bits per heavy atom. The number of alkyl halides is 3. The molecule has 0 spiro atoms. The van der Waals surface area contributed by atoms with Gasteiger partial charge in [0.2, 0.25) is 0 Å². The van der Waals surface area contributed by atoms with E-state index in [2.05, 4.69) is 18.9 Å². The summed E-state index contributed by atoms with van der Waals surface area (Å²) >= 11 is 0. The van der Waals surface area contributed by atoms with E-state index < -0.39 is 30.8 Å². The van der Waals surface area contributed by atoms with E-state index in [9.17, 15) is 23.1 Å². The lowest BCUT2D eigenvalue weighted by molar-refractivity contribution is -0.302. The molecule has 1 unspecified atom stereocenters. The molecule has 0 fully saturated rings. The van der Waals surface area contributed by atoms with Gasteiger partial charge < -0.3 is 9.84 Å². The van der Waals surface area contributed by atoms with Crippen molar-refractivity contribution in [2.75, 3.05) is 6.61 Å². The van der Waals surface area contributed by atoms with Crippen LogP contribution in [0.4, 0.5) is 13.2 Å². The summed E-state index contributed by atoms with van der Waals surface area (Å²) in [7, 11) is 0. The molecule has 0 radical (unpaired) electrons. The molecule has 0 saturated heterocycles. The molecule has 0 bridgehead atoms. The second-order valence-electron chi connectivity index (χ2n) is 8.02. The van der Waals surface area contributed by atoms with Crippen molar-refractivity contribution in [2.24, 2.45) is 5.10 Å². The van der Waals surface area contributed by atoms with Crippen LogP contribution in [-0.4, -0.2) is 40.2 Å². The summed E-state index contributed by atoms with van der Waals surface area (Å²) in [6, 6.07) is 17.0. The van der Waals surface area contributed by atoms with Gasteiger partial charge in [0.05, 0.1) is 0 Å². The molecule has 0 saturated carbocycles. The monoisotopic (exact) mass is 434 g/mol. The minimum Gasteiger partial charge on any atom is -0.484 e. The molecule has 0 aromatic heterocycles. The quantitative estimate of drug-likeness (QED) is 0.721. The molecule has 1 aliphatic heterocycles. The number of halogens is 3. The zero-order valence-electron chi connectivity index (χ0n) is 17.6. The maximum Gasteiger partial charge on any atom is 0.438 e. The van der Waals surface area contributed by atoms with Crippen molar-refractivity contribution in [3.8, 4) is 5.75 Å². The number of nitrogens with zero attached hydrogens (tertiary/aromatic N) is 2. The molecule has 2 aromatic carbocycles. The van der Waals surface area contributed by atoms with Crippen LogP contribution in [0, 0.1) is 0 Å². The van der Waals surface area contributed by atoms with Crippen molar-refractivity contribution in [1.29, 1.82) is 0 Å². The van der Waals surface area contributed by atoms with Gasteiger partial charge in [-0.15, -0.1) is 0 Å². The minimum absolute atomic E-state index is 0.0959. The number of amides is 1. The fourth-order valence-electron chi connectivity index (χ4n) is 3.49. The average molecular weight is 434 g/mol. The van der Waals surface area contributed by atoms with Crippen LogP contribution in [0.1, 0.15) is 44.7 Å². The zero-order chi connectivity index (χ0) is 22.9. The molecule has 166 valence electrons. The van der Waals surface area contributed by atoms with E-state index >= 15 is 0 Å². The van der Waals surface area contributed by atoms with Gasteiger partial charge in [-0.1, -0.05) is 63.2 Å². The van der Waals surface area contributed by atoms with Crippen LogP contribution in [0.25, 0.3) is 0 Å². The number of ether oxygens (including phenoxy) is 1. The van der Waals surface area contributed by atoms with Gasteiger partial charge in [0.15, 0.2) is 6.61 Å². The summed E-state index contributed by atoms with van der Waals surface area (Å²) < 4.78 is 45.5. The first-order valence-electron chi connectivity index (χ1n) is 9.96. The van der Waals surface area contributed by atoms with E-state index in [1.165, 1.54) is 0 Å². The van der Waals surface area contributed by atoms with Gasteiger partial charge in [0.25, 0.3) is 11.6 Å². The Morgan fingerprint density at radius 2 is 1.68 bits per heavy atom. The van der Waals surface area contributed by atoms with Crippen molar-refractivity contribution in [1.82, 2.24) is 5.01 Å². The summed E-state index contributed by atoms with van der Waals surface area (Å²) in [5.41, 5.74) is -1.37. The van der Waals surface area contributed by atoms with E-state index in [4.69, 9.17) is 4.74 Å². The second-order valence-corrected chi connectivity index (χ2v) is 8.02. The van der Waals surface area contributed by atoms with Crippen LogP contribution in [0.5, 0.6) is 5.75 Å². The number of hydrazone groups is 1. The third kappa shape index (κ3) is 4.44. The number of aliphatic hydroxyl groups is 1. The third-order valence-corrected chi connectivity index (χ3v) is 5.57. The molecular weight excluding hydrogens is 409 g/mol. The first-order chi connectivity index (χ1) is 14.5. The molecule has 0 aliphatic carbocycles. The Bertz CT molecular complexity index is 956. The average Bonchev–Trinajstić information content (AvgIpc) is 3.11. The maximum absolute atomic E-state index is 13.4. The molecule has 1 atom stereocenters. The summed E-state index contributed by atoms with van der Waals surface area (Å²) in [6.45, 7) is 5.09. The Morgan fingerprint density at radius 1 is 1.10 bits per heavy atom. The highest BCUT2D eigenvalue weighted by molar-refractivity contribution is 5.91. The predicted octanol–water partition coefficient (Wildman–Crippen LogP) is 4.64. The molecule has 1 aliphatic rings. The van der Waals surface area contributed by atoms with Gasteiger partial charge in [0, 0.05) is 17.5 Å². The smallest absolute Gasteiger partial charge is 0.438 e. The van der Waals surface area contributed by atoms with Gasteiger partial charge in [0.1, 0.15) is 5.75 Å². The van der Waals surface area contributed by atoms with Crippen LogP contribution in [-0.2, 0) is 10.2 Å². The number of hydrogen-bond acceptors (Lipinski definition) is 4. The second kappa shape index (κ2) is 8.34. The van der Waals surface area contributed by atoms with E-state index in [1.807, 2.05) is 42.5 Å². The molecule has 3 rings (SSSR count). The Kier molecular flexibility index (Phi) is 6.14. The molecule has 31 heavy (non-hydrogen) atoms. The SMILES string of the molecule is CCC1=NN(C(=O)COc2ccc(C(C)(C)c3ccccc3)cc2)C(O)(C(F)(F)F)C1. The van der Waals surface area contributed by atoms with Gasteiger partial charge in [-0.3, -0.25) is 4.79 Å². The normalized spacial score (nSPS) is 19.3. The number of rotatable bonds is 6. The molecule has 2 aromatic rings. The van der Waals surface area contributed by atoms with Gasteiger partial charge in [-0.05, 0) is 29.7 Å². The van der Waals surface area contributed by atoms with Crippen molar-refractivity contribution in [3.05, 3.63) is 65.7 Å². The molecule has 1 heterocycles. The predicted molar refractivity (Wildman–Crippen MR) is 111 cm³/mol. The summed E-state index contributed by atoms with van der Waals surface area (Å²) in [4.78, 5) is 12.4. The van der Waals surface area contributed by atoms with Gasteiger partial charge in [-0.25, -0.2) is 0 Å². The topological polar surface area (TPSA) is 62.1 Å². The molecular formula is C23H25F3N2O3. The van der Waals surface area contributed by atoms with Crippen LogP contribution < -0.4 is 4.74 Å². The largest absolute Gasteiger partial charge is 0.484 e. The van der Waals surface area contributed by atoms with Crippen molar-refractivity contribution in [3.63, 3.8) is 0 Å². The van der Waals surface area contributed by atoms with Crippen LogP contribution in [0.2, 0.25) is 0 Å². The standard InChI is InChI=1S/C23H25F3N2O3/c1-4-18-14-22(30,23(24,25)26)28(27-18)20(29)15-31-19-12-10-17(11-13-19)21(2,3)16-8-6-5-7-9-16/h5-13,30H,4,14-15H2,1-3H3. The lowest BCUT2D eigenvalue weighted by Gasteiger charge is -2.32. The molecule has 5 nitrogen and oxygen atoms in total. The Labute approximate surface area is 179 Å². The van der Waals surface area contributed by atoms with Crippen molar-refractivity contribution < 1.29 is 27.8 Å². The number of carbonyl (C=O) groups is 1. The van der Waals surface area contributed by atoms with Crippen molar-refractivity contribution >= 4 is 11.6 Å². The lowest BCUT2D eigenvalue weighted by Crippen LogP contribution is -2.57. The van der Waals surface area contributed by atoms with E-state index in [0.29, 0.717) is 5.75 Å². The fraction of sp³-hybridized carbons (Fsp3) is 0.391. The zero-order valence-corrected chi connectivity index (χ0v) is 17.6. The fourth-order valence-corrected chi connectivity index (χ4v) is 3.49. The van der Waals surface area contributed by atoms with E-state index in [-0.39, 0.29) is 22.6 Å².